The third-order valence-corrected chi connectivity index (χ3v) is 3.28. The Hall–Kier alpha value is -1.19. The van der Waals surface area contributed by atoms with E-state index in [1.54, 1.807) is 0 Å². The van der Waals surface area contributed by atoms with E-state index in [0.29, 0.717) is 11.8 Å². The van der Waals surface area contributed by atoms with E-state index in [0.717, 1.165) is 6.92 Å². The molecule has 0 fully saturated rings. The van der Waals surface area contributed by atoms with Crippen LogP contribution < -0.4 is 0 Å². The van der Waals surface area contributed by atoms with Gasteiger partial charge in [-0.2, -0.15) is 0 Å². The van der Waals surface area contributed by atoms with Crippen molar-refractivity contribution in [2.24, 2.45) is 0 Å². The summed E-state index contributed by atoms with van der Waals surface area (Å²) in [6, 6.07) is 0. The van der Waals surface area contributed by atoms with E-state index in [9.17, 15) is 37.0 Å². The van der Waals surface area contributed by atoms with E-state index in [4.69, 9.17) is 0 Å². The number of benzene rings is 1. The molecule has 20 heavy (non-hydrogen) atoms. The number of halogens is 5. The Balaban J connectivity index is 3.16. The Morgan fingerprint density at radius 3 is 1.80 bits per heavy atom. The fraction of sp³-hybridized carbons (Fsp3) is 0.364. The first kappa shape index (κ1) is 16.9. The summed E-state index contributed by atoms with van der Waals surface area (Å²) in [5, 5.41) is 18.5. The van der Waals surface area contributed by atoms with Gasteiger partial charge in [0.05, 0.1) is 11.7 Å². The minimum absolute atomic E-state index is 0.450. The Bertz CT molecular complexity index is 508. The quantitative estimate of drug-likeness (QED) is 0.507. The van der Waals surface area contributed by atoms with Crippen molar-refractivity contribution in [1.82, 2.24) is 0 Å². The summed E-state index contributed by atoms with van der Waals surface area (Å²) >= 11 is 0.530. The van der Waals surface area contributed by atoms with Crippen molar-refractivity contribution in [1.29, 1.82) is 0 Å². The molecular formula is C11H9F5O3S. The molecule has 112 valence electrons. The van der Waals surface area contributed by atoms with Crippen LogP contribution in [0.4, 0.5) is 22.0 Å². The predicted octanol–water partition coefficient (Wildman–Crippen LogP) is 2.06. The summed E-state index contributed by atoms with van der Waals surface area (Å²) in [5.74, 6) is -11.7. The van der Waals surface area contributed by atoms with Gasteiger partial charge in [0.15, 0.2) is 28.4 Å². The maximum atomic E-state index is 13.3. The second-order valence-electron chi connectivity index (χ2n) is 3.80. The minimum Gasteiger partial charge on any atom is -0.389 e. The zero-order chi connectivity index (χ0) is 15.6. The summed E-state index contributed by atoms with van der Waals surface area (Å²) < 4.78 is 65.3. The first-order chi connectivity index (χ1) is 9.18. The number of carbonyl (C=O) groups is 1. The average molecular weight is 316 g/mol. The molecule has 0 aliphatic rings. The fourth-order valence-electron chi connectivity index (χ4n) is 1.37. The third kappa shape index (κ3) is 3.28. The molecule has 0 saturated heterocycles. The standard InChI is InChI=1S/C11H9F5O3S/c1-3(17)20-2-4(18)11(19)5-6(12)8(14)10(16)9(15)7(5)13/h4,11,18-19H,2H2,1H3. The zero-order valence-electron chi connectivity index (χ0n) is 9.96. The van der Waals surface area contributed by atoms with Gasteiger partial charge in [0.25, 0.3) is 0 Å². The molecule has 3 nitrogen and oxygen atoms in total. The lowest BCUT2D eigenvalue weighted by atomic mass is 10.0. The highest BCUT2D eigenvalue weighted by molar-refractivity contribution is 8.13. The number of hydrogen-bond donors (Lipinski definition) is 2. The Labute approximate surface area is 114 Å². The molecule has 1 aromatic rings. The van der Waals surface area contributed by atoms with Gasteiger partial charge in [-0.05, 0) is 0 Å². The molecule has 0 amide bonds. The van der Waals surface area contributed by atoms with Crippen LogP contribution in [0.5, 0.6) is 0 Å². The molecule has 0 heterocycles. The highest BCUT2D eigenvalue weighted by atomic mass is 32.2. The van der Waals surface area contributed by atoms with Crippen LogP contribution in [-0.2, 0) is 4.79 Å². The van der Waals surface area contributed by atoms with E-state index in [2.05, 4.69) is 0 Å². The Morgan fingerprint density at radius 1 is 1.00 bits per heavy atom. The SMILES string of the molecule is CC(=O)SCC(O)C(O)c1c(F)c(F)c(F)c(F)c1F. The van der Waals surface area contributed by atoms with Crippen LogP contribution >= 0.6 is 11.8 Å². The zero-order valence-corrected chi connectivity index (χ0v) is 10.8. The van der Waals surface area contributed by atoms with Gasteiger partial charge in [-0.25, -0.2) is 22.0 Å². The van der Waals surface area contributed by atoms with Gasteiger partial charge < -0.3 is 10.2 Å². The maximum Gasteiger partial charge on any atom is 0.200 e. The van der Waals surface area contributed by atoms with E-state index < -0.39 is 57.7 Å². The van der Waals surface area contributed by atoms with Crippen LogP contribution in [0.15, 0.2) is 0 Å². The van der Waals surface area contributed by atoms with Crippen molar-refractivity contribution < 1.29 is 37.0 Å². The summed E-state index contributed by atoms with van der Waals surface area (Å²) in [6.45, 7) is 1.14. The second-order valence-corrected chi connectivity index (χ2v) is 5.00. The number of thioether (sulfide) groups is 1. The lowest BCUT2D eigenvalue weighted by Crippen LogP contribution is -2.25. The molecule has 9 heteroatoms. The number of hydrogen-bond acceptors (Lipinski definition) is 4. The highest BCUT2D eigenvalue weighted by Crippen LogP contribution is 2.30. The number of carbonyl (C=O) groups excluding carboxylic acids is 1. The largest absolute Gasteiger partial charge is 0.389 e. The highest BCUT2D eigenvalue weighted by Gasteiger charge is 2.32. The summed E-state index contributed by atoms with van der Waals surface area (Å²) in [7, 11) is 0. The topological polar surface area (TPSA) is 57.5 Å². The molecule has 2 atom stereocenters. The van der Waals surface area contributed by atoms with Gasteiger partial charge in [-0.3, -0.25) is 4.79 Å². The monoisotopic (exact) mass is 316 g/mol. The smallest absolute Gasteiger partial charge is 0.200 e. The van der Waals surface area contributed by atoms with Crippen molar-refractivity contribution in [3.63, 3.8) is 0 Å². The maximum absolute atomic E-state index is 13.3. The first-order valence-electron chi connectivity index (χ1n) is 5.19. The molecule has 0 bridgehead atoms. The molecule has 0 aliphatic heterocycles. The van der Waals surface area contributed by atoms with Crippen molar-refractivity contribution in [3.05, 3.63) is 34.6 Å². The molecule has 1 aromatic carbocycles. The van der Waals surface area contributed by atoms with Crippen LogP contribution in [0.25, 0.3) is 0 Å². The molecule has 0 radical (unpaired) electrons. The molecule has 0 saturated carbocycles. The van der Waals surface area contributed by atoms with Gasteiger partial charge in [-0.1, -0.05) is 11.8 Å². The van der Waals surface area contributed by atoms with Crippen molar-refractivity contribution in [3.8, 4) is 0 Å². The first-order valence-corrected chi connectivity index (χ1v) is 6.17. The fourth-order valence-corrected chi connectivity index (χ4v) is 1.96. The molecule has 0 aliphatic carbocycles. The normalized spacial score (nSPS) is 14.2. The van der Waals surface area contributed by atoms with E-state index in [1.165, 1.54) is 0 Å². The minimum atomic E-state index is -2.36. The van der Waals surface area contributed by atoms with Crippen LogP contribution in [0, 0.1) is 29.1 Å². The molecule has 0 spiro atoms. The lowest BCUT2D eigenvalue weighted by Gasteiger charge is -2.19. The van der Waals surface area contributed by atoms with Crippen molar-refractivity contribution >= 4 is 16.9 Å². The van der Waals surface area contributed by atoms with Gasteiger partial charge in [0.2, 0.25) is 5.82 Å². The average Bonchev–Trinajstić information content (AvgIpc) is 2.40. The molecule has 2 unspecified atom stereocenters. The summed E-state index contributed by atoms with van der Waals surface area (Å²) in [6.07, 6.45) is -4.23. The van der Waals surface area contributed by atoms with Gasteiger partial charge in [-0.15, -0.1) is 0 Å². The second kappa shape index (κ2) is 6.51. The van der Waals surface area contributed by atoms with E-state index in [1.807, 2.05) is 0 Å². The molecule has 0 aromatic heterocycles. The summed E-state index contributed by atoms with van der Waals surface area (Å²) in [5.41, 5.74) is -1.53. The molecule has 1 rings (SSSR count). The number of aliphatic hydroxyl groups excluding tert-OH is 2. The van der Waals surface area contributed by atoms with Gasteiger partial charge in [0.1, 0.15) is 6.10 Å². The number of aliphatic hydroxyl groups is 2. The number of rotatable bonds is 4. The molecule has 2 N–H and O–H groups in total. The van der Waals surface area contributed by atoms with E-state index >= 15 is 0 Å². The van der Waals surface area contributed by atoms with Crippen molar-refractivity contribution in [2.75, 3.05) is 5.75 Å². The van der Waals surface area contributed by atoms with Gasteiger partial charge >= 0.3 is 0 Å². The third-order valence-electron chi connectivity index (χ3n) is 2.36. The van der Waals surface area contributed by atoms with Crippen LogP contribution in [-0.4, -0.2) is 27.2 Å². The Kier molecular flexibility index (Phi) is 5.49. The molecular weight excluding hydrogens is 307 g/mol. The van der Waals surface area contributed by atoms with Crippen LogP contribution in [0.3, 0.4) is 0 Å². The van der Waals surface area contributed by atoms with Crippen molar-refractivity contribution in [2.45, 2.75) is 19.1 Å². The predicted molar refractivity (Wildman–Crippen MR) is 60.3 cm³/mol. The lowest BCUT2D eigenvalue weighted by molar-refractivity contribution is -0.109. The van der Waals surface area contributed by atoms with Gasteiger partial charge in [0, 0.05) is 12.7 Å². The Morgan fingerprint density at radius 2 is 1.40 bits per heavy atom. The summed E-state index contributed by atoms with van der Waals surface area (Å²) in [4.78, 5) is 10.6. The van der Waals surface area contributed by atoms with E-state index in [-0.39, 0.29) is 0 Å². The van der Waals surface area contributed by atoms with Crippen LogP contribution in [0.2, 0.25) is 0 Å². The van der Waals surface area contributed by atoms with Crippen LogP contribution in [0.1, 0.15) is 18.6 Å².